The number of hydrogen-bond donors (Lipinski definition) is 2. The lowest BCUT2D eigenvalue weighted by atomic mass is 10.0. The van der Waals surface area contributed by atoms with Gasteiger partial charge in [0.25, 0.3) is 5.91 Å². The van der Waals surface area contributed by atoms with Crippen LogP contribution in [0.3, 0.4) is 0 Å². The number of hydrogen-bond acceptors (Lipinski definition) is 6. The zero-order valence-electron chi connectivity index (χ0n) is 26.8. The van der Waals surface area contributed by atoms with Gasteiger partial charge in [0.1, 0.15) is 6.04 Å². The Morgan fingerprint density at radius 2 is 1.52 bits per heavy atom. The fourth-order valence-corrected chi connectivity index (χ4v) is 7.04. The highest BCUT2D eigenvalue weighted by Crippen LogP contribution is 2.26. The maximum Gasteiger partial charge on any atom is 0.254 e. The molecule has 1 saturated heterocycles. The summed E-state index contributed by atoms with van der Waals surface area (Å²) in [6, 6.07) is 32.7. The Hall–Kier alpha value is -4.99. The fourth-order valence-electron chi connectivity index (χ4n) is 5.94. The number of aryl methyl sites for hydroxylation is 1. The highest BCUT2D eigenvalue weighted by molar-refractivity contribution is 7.94. The van der Waals surface area contributed by atoms with E-state index in [1.807, 2.05) is 84.9 Å². The van der Waals surface area contributed by atoms with E-state index >= 15 is 0 Å². The number of sulfone groups is 1. The number of fused-ring (bicyclic) bond motifs is 2. The molecule has 1 aliphatic rings. The molecular formula is C39H39N3O5S. The Balaban J connectivity index is 1.20. The second kappa shape index (κ2) is 14.8. The Labute approximate surface area is 281 Å². The number of carbonyl (C=O) groups is 2. The fraction of sp³-hybridized carbons (Fsp3) is 0.231. The Morgan fingerprint density at radius 3 is 2.29 bits per heavy atom. The van der Waals surface area contributed by atoms with Crippen molar-refractivity contribution in [2.75, 3.05) is 31.6 Å². The molecule has 1 fully saturated rings. The van der Waals surface area contributed by atoms with Crippen molar-refractivity contribution in [2.24, 2.45) is 0 Å². The summed E-state index contributed by atoms with van der Waals surface area (Å²) in [6.45, 7) is 3.80. The van der Waals surface area contributed by atoms with Crippen molar-refractivity contribution in [3.8, 4) is 0 Å². The van der Waals surface area contributed by atoms with Gasteiger partial charge < -0.3 is 20.3 Å². The van der Waals surface area contributed by atoms with E-state index in [0.29, 0.717) is 50.4 Å². The molecule has 0 radical (unpaired) electrons. The van der Waals surface area contributed by atoms with Crippen LogP contribution >= 0.6 is 0 Å². The van der Waals surface area contributed by atoms with E-state index in [2.05, 4.69) is 10.6 Å². The molecular weight excluding hydrogens is 623 g/mol. The molecule has 6 rings (SSSR count). The van der Waals surface area contributed by atoms with Gasteiger partial charge in [0.05, 0.1) is 18.1 Å². The second-order valence-electron chi connectivity index (χ2n) is 12.0. The molecule has 0 spiro atoms. The summed E-state index contributed by atoms with van der Waals surface area (Å²) in [5, 5.41) is 11.0. The molecule has 2 amide bonds. The van der Waals surface area contributed by atoms with Gasteiger partial charge in [0.2, 0.25) is 5.91 Å². The van der Waals surface area contributed by atoms with Crippen molar-refractivity contribution in [1.29, 1.82) is 0 Å². The van der Waals surface area contributed by atoms with Crippen LogP contribution in [0.5, 0.6) is 0 Å². The van der Waals surface area contributed by atoms with Crippen molar-refractivity contribution in [1.82, 2.24) is 10.2 Å². The summed E-state index contributed by atoms with van der Waals surface area (Å²) in [5.41, 5.74) is 2.29. The summed E-state index contributed by atoms with van der Waals surface area (Å²) < 4.78 is 32.2. The van der Waals surface area contributed by atoms with Gasteiger partial charge in [-0.15, -0.1) is 0 Å². The number of nitrogens with one attached hydrogen (secondary N) is 2. The molecule has 48 heavy (non-hydrogen) atoms. The molecule has 0 saturated carbocycles. The lowest BCUT2D eigenvalue weighted by Crippen LogP contribution is -2.43. The molecule has 0 aliphatic carbocycles. The number of nitrogens with zero attached hydrogens (tertiary/aromatic N) is 1. The maximum atomic E-state index is 13.6. The van der Waals surface area contributed by atoms with E-state index in [-0.39, 0.29) is 16.7 Å². The molecule has 0 aromatic heterocycles. The van der Waals surface area contributed by atoms with Crippen LogP contribution in [0.2, 0.25) is 0 Å². The van der Waals surface area contributed by atoms with Crippen LogP contribution in [0.15, 0.2) is 126 Å². The van der Waals surface area contributed by atoms with E-state index in [0.717, 1.165) is 27.1 Å². The van der Waals surface area contributed by atoms with E-state index in [4.69, 9.17) is 4.74 Å². The number of anilines is 1. The molecule has 2 N–H and O–H groups in total. The predicted octanol–water partition coefficient (Wildman–Crippen LogP) is 6.37. The van der Waals surface area contributed by atoms with E-state index in [9.17, 15) is 18.0 Å². The number of morpholine rings is 1. The molecule has 0 unspecified atom stereocenters. The molecule has 246 valence electrons. The minimum atomic E-state index is -3.77. The number of benzene rings is 5. The summed E-state index contributed by atoms with van der Waals surface area (Å²) in [6.07, 6.45) is 2.71. The first kappa shape index (κ1) is 32.9. The van der Waals surface area contributed by atoms with Crippen molar-refractivity contribution in [3.63, 3.8) is 0 Å². The molecule has 1 heterocycles. The normalized spacial score (nSPS) is 15.0. The quantitative estimate of drug-likeness (QED) is 0.171. The third-order valence-electron chi connectivity index (χ3n) is 8.62. The monoisotopic (exact) mass is 661 g/mol. The van der Waals surface area contributed by atoms with Crippen molar-refractivity contribution in [2.45, 2.75) is 36.7 Å². The van der Waals surface area contributed by atoms with Gasteiger partial charge in [-0.1, -0.05) is 91.0 Å². The van der Waals surface area contributed by atoms with Crippen LogP contribution in [0.25, 0.3) is 21.5 Å². The zero-order valence-corrected chi connectivity index (χ0v) is 27.7. The molecule has 2 atom stereocenters. The van der Waals surface area contributed by atoms with E-state index < -0.39 is 21.9 Å². The van der Waals surface area contributed by atoms with Crippen LogP contribution in [-0.4, -0.2) is 63.5 Å². The Morgan fingerprint density at radius 1 is 0.833 bits per heavy atom. The lowest BCUT2D eigenvalue weighted by molar-refractivity contribution is -0.121. The van der Waals surface area contributed by atoms with Gasteiger partial charge in [0.15, 0.2) is 9.84 Å². The van der Waals surface area contributed by atoms with Crippen LogP contribution in [0, 0.1) is 0 Å². The molecule has 5 aromatic carbocycles. The Bertz CT molecular complexity index is 2060. The van der Waals surface area contributed by atoms with Crippen molar-refractivity contribution in [3.05, 3.63) is 132 Å². The summed E-state index contributed by atoms with van der Waals surface area (Å²) in [5.74, 6) is -0.371. The predicted molar refractivity (Wildman–Crippen MR) is 191 cm³/mol. The number of ether oxygens (including phenoxy) is 1. The molecule has 9 heteroatoms. The molecule has 0 bridgehead atoms. The molecule has 1 aliphatic heterocycles. The number of carbonyl (C=O) groups excluding carboxylic acids is 2. The zero-order chi connectivity index (χ0) is 33.5. The third kappa shape index (κ3) is 7.93. The van der Waals surface area contributed by atoms with Crippen molar-refractivity contribution >= 4 is 48.9 Å². The first-order valence-corrected chi connectivity index (χ1v) is 17.7. The Kier molecular flexibility index (Phi) is 10.2. The van der Waals surface area contributed by atoms with Crippen LogP contribution < -0.4 is 10.6 Å². The SMILES string of the molecule is C[C@H](Nc1cc(C(=O)N2CCOCC2)c2ccccc2c1)C(=O)N[C@H](/C=C/S(=O)(=O)c1ccc2ccccc2c1)CCc1ccccc1. The first-order valence-electron chi connectivity index (χ1n) is 16.2. The largest absolute Gasteiger partial charge is 0.378 e. The average molecular weight is 662 g/mol. The smallest absolute Gasteiger partial charge is 0.254 e. The maximum absolute atomic E-state index is 13.6. The van der Waals surface area contributed by atoms with E-state index in [1.165, 1.54) is 5.41 Å². The summed E-state index contributed by atoms with van der Waals surface area (Å²) in [7, 11) is -3.77. The van der Waals surface area contributed by atoms with E-state index in [1.54, 1.807) is 42.2 Å². The first-order chi connectivity index (χ1) is 23.3. The van der Waals surface area contributed by atoms with Gasteiger partial charge in [0, 0.05) is 35.8 Å². The molecule has 5 aromatic rings. The lowest BCUT2D eigenvalue weighted by Gasteiger charge is -2.27. The number of amides is 2. The topological polar surface area (TPSA) is 105 Å². The van der Waals surface area contributed by atoms with Gasteiger partial charge >= 0.3 is 0 Å². The van der Waals surface area contributed by atoms with Gasteiger partial charge in [-0.05, 0) is 71.1 Å². The highest BCUT2D eigenvalue weighted by atomic mass is 32.2. The number of rotatable bonds is 11. The average Bonchev–Trinajstić information content (AvgIpc) is 3.12. The van der Waals surface area contributed by atoms with Crippen LogP contribution in [0.1, 0.15) is 29.3 Å². The van der Waals surface area contributed by atoms with Crippen LogP contribution in [0.4, 0.5) is 5.69 Å². The van der Waals surface area contributed by atoms with Crippen molar-refractivity contribution < 1.29 is 22.7 Å². The van der Waals surface area contributed by atoms with Crippen LogP contribution in [-0.2, 0) is 25.8 Å². The highest BCUT2D eigenvalue weighted by Gasteiger charge is 2.23. The third-order valence-corrected chi connectivity index (χ3v) is 10.0. The second-order valence-corrected chi connectivity index (χ2v) is 13.9. The van der Waals surface area contributed by atoms with Gasteiger partial charge in [-0.3, -0.25) is 9.59 Å². The van der Waals surface area contributed by atoms with Gasteiger partial charge in [-0.2, -0.15) is 0 Å². The molecule has 8 nitrogen and oxygen atoms in total. The summed E-state index contributed by atoms with van der Waals surface area (Å²) in [4.78, 5) is 29.1. The summed E-state index contributed by atoms with van der Waals surface area (Å²) >= 11 is 0. The minimum Gasteiger partial charge on any atom is -0.378 e. The van der Waals surface area contributed by atoms with Gasteiger partial charge in [-0.25, -0.2) is 8.42 Å². The minimum absolute atomic E-state index is 0.0750. The standard InChI is InChI=1S/C39H39N3O5S/c1-28(40-34-25-32-13-7-8-14-36(32)37(27-34)39(44)42-20-22-47-23-21-42)38(43)41-33(17-15-29-9-3-2-4-10-29)19-24-48(45,46)35-18-16-30-11-5-6-12-31(30)26-35/h2-14,16,18-19,24-28,33,40H,15,17,20-23H2,1H3,(H,41,43)/b24-19+/t28-,33-/m0/s1.